The number of amides is 1. The summed E-state index contributed by atoms with van der Waals surface area (Å²) in [4.78, 5) is 13.4. The number of hydrogen-bond acceptors (Lipinski definition) is 4. The first-order valence-corrected chi connectivity index (χ1v) is 9.35. The van der Waals surface area contributed by atoms with Gasteiger partial charge in [0.15, 0.2) is 0 Å². The Kier molecular flexibility index (Phi) is 7.95. The fourth-order valence-corrected chi connectivity index (χ4v) is 3.25. The standard InChI is InChI=1S/C19H22ClNO3S/c1-3-18(25-17-9-7-14(20)8-10-17)19(22)21-11-12-24-16-6-4-5-15(13-16)23-2/h4-10,13,18H,3,11-12H2,1-2H3,(H,21,22)/t18-/m0/s1. The van der Waals surface area contributed by atoms with Gasteiger partial charge in [-0.15, -0.1) is 11.8 Å². The van der Waals surface area contributed by atoms with Crippen molar-refractivity contribution in [1.29, 1.82) is 0 Å². The lowest BCUT2D eigenvalue weighted by molar-refractivity contribution is -0.120. The average molecular weight is 380 g/mol. The predicted molar refractivity (Wildman–Crippen MR) is 103 cm³/mol. The number of ether oxygens (including phenoxy) is 2. The van der Waals surface area contributed by atoms with Crippen LogP contribution in [0.4, 0.5) is 0 Å². The third-order valence-electron chi connectivity index (χ3n) is 3.47. The third-order valence-corrected chi connectivity index (χ3v) is 5.09. The fourth-order valence-electron chi connectivity index (χ4n) is 2.15. The molecule has 0 aliphatic rings. The first kappa shape index (κ1) is 19.5. The fraction of sp³-hybridized carbons (Fsp3) is 0.316. The van der Waals surface area contributed by atoms with E-state index in [1.165, 1.54) is 11.8 Å². The zero-order valence-electron chi connectivity index (χ0n) is 14.3. The molecule has 0 spiro atoms. The predicted octanol–water partition coefficient (Wildman–Crippen LogP) is 4.41. The second-order valence-electron chi connectivity index (χ2n) is 5.29. The molecule has 1 atom stereocenters. The number of hydrogen-bond donors (Lipinski definition) is 1. The molecule has 1 amide bonds. The van der Waals surface area contributed by atoms with Crippen LogP contribution in [0.25, 0.3) is 0 Å². The molecule has 134 valence electrons. The summed E-state index contributed by atoms with van der Waals surface area (Å²) in [6.07, 6.45) is 0.746. The van der Waals surface area contributed by atoms with Crippen LogP contribution in [-0.4, -0.2) is 31.4 Å². The second-order valence-corrected chi connectivity index (χ2v) is 7.00. The molecule has 0 aromatic heterocycles. The molecular formula is C19H22ClNO3S. The van der Waals surface area contributed by atoms with Gasteiger partial charge in [0.2, 0.25) is 5.91 Å². The molecule has 2 aromatic rings. The average Bonchev–Trinajstić information content (AvgIpc) is 2.64. The summed E-state index contributed by atoms with van der Waals surface area (Å²) in [5.74, 6) is 1.47. The smallest absolute Gasteiger partial charge is 0.233 e. The van der Waals surface area contributed by atoms with Crippen molar-refractivity contribution in [3.8, 4) is 11.5 Å². The van der Waals surface area contributed by atoms with E-state index in [2.05, 4.69) is 5.32 Å². The van der Waals surface area contributed by atoms with Crippen LogP contribution < -0.4 is 14.8 Å². The van der Waals surface area contributed by atoms with Gasteiger partial charge in [-0.1, -0.05) is 24.6 Å². The first-order chi connectivity index (χ1) is 12.1. The van der Waals surface area contributed by atoms with Gasteiger partial charge < -0.3 is 14.8 Å². The Morgan fingerprint density at radius 2 is 1.92 bits per heavy atom. The number of benzene rings is 2. The van der Waals surface area contributed by atoms with Gasteiger partial charge in [0.1, 0.15) is 18.1 Å². The summed E-state index contributed by atoms with van der Waals surface area (Å²) >= 11 is 7.43. The van der Waals surface area contributed by atoms with Gasteiger partial charge in [0.25, 0.3) is 0 Å². The molecule has 0 saturated carbocycles. The van der Waals surface area contributed by atoms with Crippen molar-refractivity contribution in [1.82, 2.24) is 5.32 Å². The molecule has 0 aliphatic carbocycles. The van der Waals surface area contributed by atoms with E-state index in [1.54, 1.807) is 7.11 Å². The van der Waals surface area contributed by atoms with Crippen LogP contribution in [0.1, 0.15) is 13.3 Å². The zero-order chi connectivity index (χ0) is 18.1. The highest BCUT2D eigenvalue weighted by atomic mass is 35.5. The number of methoxy groups -OCH3 is 1. The Morgan fingerprint density at radius 3 is 2.60 bits per heavy atom. The van der Waals surface area contributed by atoms with Gasteiger partial charge in [0.05, 0.1) is 18.9 Å². The van der Waals surface area contributed by atoms with Crippen LogP contribution in [0.3, 0.4) is 0 Å². The minimum Gasteiger partial charge on any atom is -0.497 e. The van der Waals surface area contributed by atoms with Crippen LogP contribution in [-0.2, 0) is 4.79 Å². The summed E-state index contributed by atoms with van der Waals surface area (Å²) < 4.78 is 10.8. The summed E-state index contributed by atoms with van der Waals surface area (Å²) in [7, 11) is 1.61. The molecule has 0 radical (unpaired) electrons. The van der Waals surface area contributed by atoms with Gasteiger partial charge in [-0.05, 0) is 42.8 Å². The van der Waals surface area contributed by atoms with Gasteiger partial charge in [0, 0.05) is 16.0 Å². The van der Waals surface area contributed by atoms with Crippen molar-refractivity contribution >= 4 is 29.3 Å². The monoisotopic (exact) mass is 379 g/mol. The third kappa shape index (κ3) is 6.52. The van der Waals surface area contributed by atoms with E-state index >= 15 is 0 Å². The number of carbonyl (C=O) groups excluding carboxylic acids is 1. The first-order valence-electron chi connectivity index (χ1n) is 8.09. The molecule has 0 saturated heterocycles. The van der Waals surface area contributed by atoms with E-state index < -0.39 is 0 Å². The number of rotatable bonds is 9. The van der Waals surface area contributed by atoms with E-state index in [4.69, 9.17) is 21.1 Å². The van der Waals surface area contributed by atoms with Crippen LogP contribution in [0, 0.1) is 0 Å². The van der Waals surface area contributed by atoms with Crippen LogP contribution in [0.2, 0.25) is 5.02 Å². The van der Waals surface area contributed by atoms with E-state index in [9.17, 15) is 4.79 Å². The summed E-state index contributed by atoms with van der Waals surface area (Å²) in [5, 5.41) is 3.47. The minimum absolute atomic E-state index is 0.0108. The van der Waals surface area contributed by atoms with E-state index in [0.717, 1.165) is 22.8 Å². The van der Waals surface area contributed by atoms with Gasteiger partial charge in [-0.3, -0.25) is 4.79 Å². The van der Waals surface area contributed by atoms with Crippen molar-refractivity contribution < 1.29 is 14.3 Å². The summed E-state index contributed by atoms with van der Waals surface area (Å²) in [5.41, 5.74) is 0. The van der Waals surface area contributed by atoms with Crippen molar-refractivity contribution in [3.63, 3.8) is 0 Å². The molecule has 25 heavy (non-hydrogen) atoms. The van der Waals surface area contributed by atoms with E-state index in [1.807, 2.05) is 55.5 Å². The van der Waals surface area contributed by atoms with Gasteiger partial charge in [-0.25, -0.2) is 0 Å². The highest BCUT2D eigenvalue weighted by Crippen LogP contribution is 2.26. The Hall–Kier alpha value is -1.85. The molecule has 0 heterocycles. The number of nitrogens with one attached hydrogen (secondary N) is 1. The molecule has 0 unspecified atom stereocenters. The maximum absolute atomic E-state index is 12.3. The quantitative estimate of drug-likeness (QED) is 0.517. The maximum atomic E-state index is 12.3. The van der Waals surface area contributed by atoms with E-state index in [0.29, 0.717) is 18.2 Å². The minimum atomic E-state index is -0.141. The number of halogens is 1. The molecule has 0 bridgehead atoms. The van der Waals surface area contributed by atoms with Crippen molar-refractivity contribution in [3.05, 3.63) is 53.6 Å². The lowest BCUT2D eigenvalue weighted by atomic mass is 10.3. The Labute approximate surface area is 157 Å². The zero-order valence-corrected chi connectivity index (χ0v) is 15.9. The number of carbonyl (C=O) groups is 1. The summed E-state index contributed by atoms with van der Waals surface area (Å²) in [6.45, 7) is 2.86. The van der Waals surface area contributed by atoms with Crippen LogP contribution in [0.5, 0.6) is 11.5 Å². The normalized spacial score (nSPS) is 11.6. The highest BCUT2D eigenvalue weighted by Gasteiger charge is 2.17. The van der Waals surface area contributed by atoms with Gasteiger partial charge in [-0.2, -0.15) is 0 Å². The van der Waals surface area contributed by atoms with E-state index in [-0.39, 0.29) is 11.2 Å². The van der Waals surface area contributed by atoms with Gasteiger partial charge >= 0.3 is 0 Å². The molecule has 2 rings (SSSR count). The van der Waals surface area contributed by atoms with Crippen LogP contribution in [0.15, 0.2) is 53.4 Å². The molecule has 1 N–H and O–H groups in total. The molecule has 6 heteroatoms. The van der Waals surface area contributed by atoms with Crippen molar-refractivity contribution in [2.45, 2.75) is 23.5 Å². The Balaban J connectivity index is 1.76. The largest absolute Gasteiger partial charge is 0.497 e. The molecular weight excluding hydrogens is 358 g/mol. The molecule has 0 aliphatic heterocycles. The molecule has 0 fully saturated rings. The van der Waals surface area contributed by atoms with Crippen molar-refractivity contribution in [2.75, 3.05) is 20.3 Å². The SMILES string of the molecule is CC[C@H](Sc1ccc(Cl)cc1)C(=O)NCCOc1cccc(OC)c1. The Bertz CT molecular complexity index is 679. The van der Waals surface area contributed by atoms with Crippen molar-refractivity contribution in [2.24, 2.45) is 0 Å². The molecule has 4 nitrogen and oxygen atoms in total. The topological polar surface area (TPSA) is 47.6 Å². The second kappa shape index (κ2) is 10.2. The molecule has 2 aromatic carbocycles. The highest BCUT2D eigenvalue weighted by molar-refractivity contribution is 8.00. The maximum Gasteiger partial charge on any atom is 0.233 e. The number of thioether (sulfide) groups is 1. The van der Waals surface area contributed by atoms with Crippen LogP contribution >= 0.6 is 23.4 Å². The summed E-state index contributed by atoms with van der Waals surface area (Å²) in [6, 6.07) is 14.9. The Morgan fingerprint density at radius 1 is 1.20 bits per heavy atom. The lowest BCUT2D eigenvalue weighted by Crippen LogP contribution is -2.35. The lowest BCUT2D eigenvalue weighted by Gasteiger charge is -2.15.